The van der Waals surface area contributed by atoms with E-state index in [9.17, 15) is 4.79 Å². The fraction of sp³-hybridized carbons (Fsp3) is 0.588. The Balaban J connectivity index is 1.62. The molecule has 2 aliphatic heterocycles. The number of likely N-dealkylation sites (tertiary alicyclic amines) is 1. The van der Waals surface area contributed by atoms with Crippen molar-refractivity contribution in [3.8, 4) is 0 Å². The number of carbonyl (C=O) groups is 1. The Kier molecular flexibility index (Phi) is 4.56. The van der Waals surface area contributed by atoms with E-state index in [2.05, 4.69) is 23.1 Å². The Morgan fingerprint density at radius 3 is 2.76 bits per heavy atom. The molecule has 1 saturated heterocycles. The lowest BCUT2D eigenvalue weighted by atomic mass is 10.0. The zero-order valence-corrected chi connectivity index (χ0v) is 12.8. The number of aryl methyl sites for hydroxylation is 1. The molecule has 21 heavy (non-hydrogen) atoms. The van der Waals surface area contributed by atoms with Gasteiger partial charge in [0.25, 0.3) is 0 Å². The zero-order chi connectivity index (χ0) is 14.7. The van der Waals surface area contributed by atoms with Crippen LogP contribution in [0.3, 0.4) is 0 Å². The largest absolute Gasteiger partial charge is 0.381 e. The summed E-state index contributed by atoms with van der Waals surface area (Å²) < 4.78 is 5.39. The van der Waals surface area contributed by atoms with E-state index in [1.165, 1.54) is 5.56 Å². The molecule has 3 rings (SSSR count). The van der Waals surface area contributed by atoms with Gasteiger partial charge in [0.15, 0.2) is 0 Å². The van der Waals surface area contributed by atoms with Crippen LogP contribution in [0.4, 0.5) is 5.69 Å². The molecule has 0 radical (unpaired) electrons. The summed E-state index contributed by atoms with van der Waals surface area (Å²) in [5, 5.41) is 0. The number of amides is 1. The Bertz CT molecular complexity index is 495. The molecule has 0 unspecified atom stereocenters. The summed E-state index contributed by atoms with van der Waals surface area (Å²) in [6.45, 7) is 3.30. The molecule has 0 aliphatic carbocycles. The highest BCUT2D eigenvalue weighted by Gasteiger charge is 2.25. The van der Waals surface area contributed by atoms with Crippen LogP contribution in [0.15, 0.2) is 24.3 Å². The van der Waals surface area contributed by atoms with E-state index in [4.69, 9.17) is 4.74 Å². The summed E-state index contributed by atoms with van der Waals surface area (Å²) in [6, 6.07) is 8.29. The maximum absolute atomic E-state index is 12.6. The summed E-state index contributed by atoms with van der Waals surface area (Å²) in [6.07, 6.45) is 4.57. The molecule has 0 bridgehead atoms. The van der Waals surface area contributed by atoms with Gasteiger partial charge in [-0.25, -0.2) is 0 Å². The first-order valence-corrected chi connectivity index (χ1v) is 7.91. The third-order valence-corrected chi connectivity index (χ3v) is 4.64. The minimum atomic E-state index is 0.234. The number of benzene rings is 1. The highest BCUT2D eigenvalue weighted by molar-refractivity contribution is 5.95. The first-order chi connectivity index (χ1) is 10.3. The smallest absolute Gasteiger partial charge is 0.241 e. The number of para-hydroxylation sites is 1. The maximum Gasteiger partial charge on any atom is 0.241 e. The van der Waals surface area contributed by atoms with Crippen LogP contribution in [0, 0.1) is 0 Å². The van der Waals surface area contributed by atoms with Crippen LogP contribution in [0.5, 0.6) is 0 Å². The molecule has 0 spiro atoms. The summed E-state index contributed by atoms with van der Waals surface area (Å²) in [5.41, 5.74) is 2.41. The van der Waals surface area contributed by atoms with Crippen LogP contribution in [0.2, 0.25) is 0 Å². The Hall–Kier alpha value is -1.39. The lowest BCUT2D eigenvalue weighted by Crippen LogP contribution is -2.46. The second-order valence-electron chi connectivity index (χ2n) is 5.99. The minimum Gasteiger partial charge on any atom is -0.381 e. The number of ether oxygens (including phenoxy) is 1. The molecule has 0 atom stereocenters. The Labute approximate surface area is 126 Å². The number of anilines is 1. The molecular weight excluding hydrogens is 264 g/mol. The number of hydrogen-bond acceptors (Lipinski definition) is 3. The average molecular weight is 288 g/mol. The van der Waals surface area contributed by atoms with Crippen molar-refractivity contribution in [1.82, 2.24) is 4.90 Å². The molecule has 114 valence electrons. The van der Waals surface area contributed by atoms with Crippen LogP contribution in [-0.4, -0.2) is 50.2 Å². The van der Waals surface area contributed by atoms with Crippen LogP contribution < -0.4 is 4.90 Å². The number of carbonyl (C=O) groups excluding carboxylic acids is 1. The molecule has 0 saturated carbocycles. The fourth-order valence-corrected chi connectivity index (χ4v) is 3.37. The van der Waals surface area contributed by atoms with E-state index in [1.807, 2.05) is 11.0 Å². The Morgan fingerprint density at radius 1 is 1.24 bits per heavy atom. The monoisotopic (exact) mass is 288 g/mol. The normalized spacial score (nSPS) is 20.3. The van der Waals surface area contributed by atoms with Crippen molar-refractivity contribution >= 4 is 11.6 Å². The van der Waals surface area contributed by atoms with Crippen LogP contribution >= 0.6 is 0 Å². The number of fused-ring (bicyclic) bond motifs is 1. The lowest BCUT2D eigenvalue weighted by Gasteiger charge is -2.34. The van der Waals surface area contributed by atoms with Crippen LogP contribution in [0.25, 0.3) is 0 Å². The average Bonchev–Trinajstić information content (AvgIpc) is 2.55. The van der Waals surface area contributed by atoms with E-state index in [0.717, 1.165) is 51.0 Å². The van der Waals surface area contributed by atoms with Crippen molar-refractivity contribution in [2.24, 2.45) is 0 Å². The predicted octanol–water partition coefficient (Wildman–Crippen LogP) is 2.08. The van der Waals surface area contributed by atoms with Crippen LogP contribution in [0.1, 0.15) is 24.8 Å². The number of piperidine rings is 1. The van der Waals surface area contributed by atoms with E-state index in [1.54, 1.807) is 7.11 Å². The molecule has 2 aliphatic rings. The molecule has 4 heteroatoms. The van der Waals surface area contributed by atoms with Gasteiger partial charge >= 0.3 is 0 Å². The summed E-state index contributed by atoms with van der Waals surface area (Å²) in [7, 11) is 1.77. The maximum atomic E-state index is 12.6. The van der Waals surface area contributed by atoms with E-state index >= 15 is 0 Å². The topological polar surface area (TPSA) is 32.8 Å². The van der Waals surface area contributed by atoms with Gasteiger partial charge < -0.3 is 9.64 Å². The standard InChI is InChI=1S/C17H24N2O2/c1-21-15-8-11-18(12-9-15)13-17(20)19-10-4-6-14-5-2-3-7-16(14)19/h2-3,5,7,15H,4,6,8-13H2,1H3. The van der Waals surface area contributed by atoms with Gasteiger partial charge in [0.05, 0.1) is 12.6 Å². The van der Waals surface area contributed by atoms with Crippen LogP contribution in [-0.2, 0) is 16.0 Å². The third kappa shape index (κ3) is 3.27. The Morgan fingerprint density at radius 2 is 2.00 bits per heavy atom. The molecule has 1 aromatic carbocycles. The second-order valence-corrected chi connectivity index (χ2v) is 5.99. The SMILES string of the molecule is COC1CCN(CC(=O)N2CCCc3ccccc32)CC1. The second kappa shape index (κ2) is 6.58. The molecule has 1 amide bonds. The summed E-state index contributed by atoms with van der Waals surface area (Å²) >= 11 is 0. The van der Waals surface area contributed by atoms with E-state index in [-0.39, 0.29) is 5.91 Å². The van der Waals surface area contributed by atoms with Gasteiger partial charge in [-0.05, 0) is 37.3 Å². The van der Waals surface area contributed by atoms with Crippen molar-refractivity contribution in [3.63, 3.8) is 0 Å². The van der Waals surface area contributed by atoms with Gasteiger partial charge in [0, 0.05) is 32.4 Å². The van der Waals surface area contributed by atoms with Gasteiger partial charge in [-0.1, -0.05) is 18.2 Å². The number of methoxy groups -OCH3 is 1. The van der Waals surface area contributed by atoms with Crippen molar-refractivity contribution in [2.45, 2.75) is 31.8 Å². The third-order valence-electron chi connectivity index (χ3n) is 4.64. The quantitative estimate of drug-likeness (QED) is 0.853. The number of hydrogen-bond donors (Lipinski definition) is 0. The van der Waals surface area contributed by atoms with E-state index < -0.39 is 0 Å². The van der Waals surface area contributed by atoms with Gasteiger partial charge in [0.1, 0.15) is 0 Å². The first kappa shape index (κ1) is 14.5. The molecule has 1 fully saturated rings. The molecular formula is C17H24N2O2. The molecule has 0 aromatic heterocycles. The molecule has 0 N–H and O–H groups in total. The zero-order valence-electron chi connectivity index (χ0n) is 12.8. The number of nitrogens with zero attached hydrogens (tertiary/aromatic N) is 2. The van der Waals surface area contributed by atoms with Crippen molar-refractivity contribution in [1.29, 1.82) is 0 Å². The summed E-state index contributed by atoms with van der Waals surface area (Å²) in [4.78, 5) is 16.9. The van der Waals surface area contributed by atoms with Gasteiger partial charge in [0.2, 0.25) is 5.91 Å². The van der Waals surface area contributed by atoms with E-state index in [0.29, 0.717) is 12.6 Å². The van der Waals surface area contributed by atoms with Gasteiger partial charge in [-0.3, -0.25) is 9.69 Å². The summed E-state index contributed by atoms with van der Waals surface area (Å²) in [5.74, 6) is 0.234. The minimum absolute atomic E-state index is 0.234. The first-order valence-electron chi connectivity index (χ1n) is 7.91. The van der Waals surface area contributed by atoms with Crippen molar-refractivity contribution in [2.75, 3.05) is 38.2 Å². The molecule has 1 aromatic rings. The van der Waals surface area contributed by atoms with Gasteiger partial charge in [-0.15, -0.1) is 0 Å². The molecule has 4 nitrogen and oxygen atoms in total. The fourth-order valence-electron chi connectivity index (χ4n) is 3.37. The van der Waals surface area contributed by atoms with Gasteiger partial charge in [-0.2, -0.15) is 0 Å². The lowest BCUT2D eigenvalue weighted by molar-refractivity contribution is -0.120. The highest BCUT2D eigenvalue weighted by atomic mass is 16.5. The molecule has 2 heterocycles. The highest BCUT2D eigenvalue weighted by Crippen LogP contribution is 2.27. The number of rotatable bonds is 3. The van der Waals surface area contributed by atoms with Crippen molar-refractivity contribution in [3.05, 3.63) is 29.8 Å². The van der Waals surface area contributed by atoms with Crippen molar-refractivity contribution < 1.29 is 9.53 Å². The predicted molar refractivity (Wildman–Crippen MR) is 83.6 cm³/mol.